The van der Waals surface area contributed by atoms with Crippen molar-refractivity contribution in [2.75, 3.05) is 13.1 Å². The highest BCUT2D eigenvalue weighted by Crippen LogP contribution is 2.42. The van der Waals surface area contributed by atoms with Gasteiger partial charge in [-0.3, -0.25) is 19.7 Å². The molecule has 3 aliphatic rings. The van der Waals surface area contributed by atoms with Crippen LogP contribution in [0.5, 0.6) is 0 Å². The molecule has 0 radical (unpaired) electrons. The maximum Gasteiger partial charge on any atom is 0.270 e. The van der Waals surface area contributed by atoms with E-state index in [2.05, 4.69) is 45.0 Å². The lowest BCUT2D eigenvalue weighted by atomic mass is 9.73. The highest BCUT2D eigenvalue weighted by Gasteiger charge is 2.43. The van der Waals surface area contributed by atoms with Gasteiger partial charge < -0.3 is 5.32 Å². The minimum Gasteiger partial charge on any atom is -0.342 e. The molecule has 30 heavy (non-hydrogen) atoms. The van der Waals surface area contributed by atoms with Crippen LogP contribution < -0.4 is 5.32 Å². The lowest BCUT2D eigenvalue weighted by molar-refractivity contribution is 0.00167. The molecule has 152 valence electrons. The van der Waals surface area contributed by atoms with Crippen molar-refractivity contribution in [3.05, 3.63) is 84.8 Å². The molecule has 5 nitrogen and oxygen atoms in total. The summed E-state index contributed by atoms with van der Waals surface area (Å²) in [5, 5.41) is 4.42. The largest absolute Gasteiger partial charge is 0.342 e. The average Bonchev–Trinajstić information content (AvgIpc) is 2.83. The molecule has 1 unspecified atom stereocenters. The molecule has 5 heteroatoms. The van der Waals surface area contributed by atoms with Gasteiger partial charge >= 0.3 is 0 Å². The van der Waals surface area contributed by atoms with Crippen molar-refractivity contribution in [3.8, 4) is 0 Å². The van der Waals surface area contributed by atoms with Crippen molar-refractivity contribution >= 4 is 16.8 Å². The summed E-state index contributed by atoms with van der Waals surface area (Å²) in [6, 6.07) is 15.8. The number of carbonyl (C=O) groups is 1. The molecule has 0 spiro atoms. The van der Waals surface area contributed by atoms with E-state index in [1.165, 1.54) is 6.42 Å². The van der Waals surface area contributed by atoms with E-state index in [9.17, 15) is 4.79 Å². The van der Waals surface area contributed by atoms with Crippen LogP contribution in [-0.2, 0) is 0 Å². The molecule has 3 saturated heterocycles. The summed E-state index contributed by atoms with van der Waals surface area (Å²) < 4.78 is 0. The molecule has 2 bridgehead atoms. The molecule has 3 aliphatic heterocycles. The predicted octanol–water partition coefficient (Wildman–Crippen LogP) is 4.00. The third-order valence-electron chi connectivity index (χ3n) is 6.74. The number of hydrogen-bond acceptors (Lipinski definition) is 4. The summed E-state index contributed by atoms with van der Waals surface area (Å²) in [6.45, 7) is 6.13. The second-order valence-corrected chi connectivity index (χ2v) is 8.33. The van der Waals surface area contributed by atoms with Gasteiger partial charge in [0, 0.05) is 30.4 Å². The van der Waals surface area contributed by atoms with Gasteiger partial charge in [-0.15, -0.1) is 6.58 Å². The Kier molecular flexibility index (Phi) is 5.05. The van der Waals surface area contributed by atoms with Crippen molar-refractivity contribution in [3.63, 3.8) is 0 Å². The van der Waals surface area contributed by atoms with Crippen LogP contribution in [0.15, 0.2) is 73.6 Å². The SMILES string of the molecule is C=C[C@H]1CN2CC[C@H]1C[C@H]2[C@@H](NC(=O)c1ccccn1)c1ccnc2ccccc12. The molecule has 1 N–H and O–H groups in total. The molecular weight excluding hydrogens is 372 g/mol. The Morgan fingerprint density at radius 1 is 1.13 bits per heavy atom. The fourth-order valence-corrected chi connectivity index (χ4v) is 5.21. The predicted molar refractivity (Wildman–Crippen MR) is 118 cm³/mol. The normalized spacial score (nSPS) is 26.3. The topological polar surface area (TPSA) is 58.1 Å². The first kappa shape index (κ1) is 18.9. The van der Waals surface area contributed by atoms with E-state index >= 15 is 0 Å². The number of amides is 1. The Bertz CT molecular complexity index is 1060. The molecule has 3 aromatic rings. The second-order valence-electron chi connectivity index (χ2n) is 8.33. The lowest BCUT2D eigenvalue weighted by Gasteiger charge is -2.51. The van der Waals surface area contributed by atoms with Crippen molar-refractivity contribution < 1.29 is 4.79 Å². The van der Waals surface area contributed by atoms with Gasteiger partial charge in [-0.1, -0.05) is 30.3 Å². The maximum atomic E-state index is 13.1. The number of pyridine rings is 2. The van der Waals surface area contributed by atoms with Gasteiger partial charge in [0.2, 0.25) is 0 Å². The van der Waals surface area contributed by atoms with Crippen molar-refractivity contribution in [1.29, 1.82) is 0 Å². The molecular formula is C25H26N4O. The fourth-order valence-electron chi connectivity index (χ4n) is 5.21. The number of hydrogen-bond donors (Lipinski definition) is 1. The summed E-state index contributed by atoms with van der Waals surface area (Å²) >= 11 is 0. The van der Waals surface area contributed by atoms with Crippen molar-refractivity contribution in [2.45, 2.75) is 24.9 Å². The third-order valence-corrected chi connectivity index (χ3v) is 6.74. The average molecular weight is 399 g/mol. The minimum atomic E-state index is -0.135. The number of para-hydroxylation sites is 1. The first-order valence-corrected chi connectivity index (χ1v) is 10.7. The fraction of sp³-hybridized carbons (Fsp3) is 0.320. The summed E-state index contributed by atoms with van der Waals surface area (Å²) in [6.07, 6.45) is 7.87. The Morgan fingerprint density at radius 3 is 2.77 bits per heavy atom. The van der Waals surface area contributed by atoms with E-state index in [1.807, 2.05) is 36.5 Å². The highest BCUT2D eigenvalue weighted by molar-refractivity contribution is 5.93. The number of nitrogens with zero attached hydrogens (tertiary/aromatic N) is 3. The summed E-state index contributed by atoms with van der Waals surface area (Å²) in [7, 11) is 0. The van der Waals surface area contributed by atoms with E-state index in [0.717, 1.165) is 36.0 Å². The van der Waals surface area contributed by atoms with Crippen LogP contribution in [0.4, 0.5) is 0 Å². The van der Waals surface area contributed by atoms with Crippen molar-refractivity contribution in [2.24, 2.45) is 11.8 Å². The number of carbonyl (C=O) groups excluding carboxylic acids is 1. The van der Waals surface area contributed by atoms with E-state index in [-0.39, 0.29) is 18.0 Å². The van der Waals surface area contributed by atoms with E-state index < -0.39 is 0 Å². The zero-order valence-corrected chi connectivity index (χ0v) is 16.9. The summed E-state index contributed by atoms with van der Waals surface area (Å²) in [5.41, 5.74) is 2.52. The zero-order chi connectivity index (χ0) is 20.5. The van der Waals surface area contributed by atoms with Crippen LogP contribution in [0.25, 0.3) is 10.9 Å². The Labute approximate surface area is 176 Å². The molecule has 2 aromatic heterocycles. The number of nitrogens with one attached hydrogen (secondary N) is 1. The van der Waals surface area contributed by atoms with Gasteiger partial charge in [-0.25, -0.2) is 0 Å². The molecule has 0 saturated carbocycles. The van der Waals surface area contributed by atoms with Gasteiger partial charge in [0.25, 0.3) is 5.91 Å². The van der Waals surface area contributed by atoms with Crippen LogP contribution in [-0.4, -0.2) is 39.9 Å². The van der Waals surface area contributed by atoms with Gasteiger partial charge in [0.05, 0.1) is 11.6 Å². The zero-order valence-electron chi connectivity index (χ0n) is 16.9. The molecule has 1 aromatic carbocycles. The molecule has 0 aliphatic carbocycles. The maximum absolute atomic E-state index is 13.1. The van der Waals surface area contributed by atoms with Crippen LogP contribution in [0.1, 0.15) is 34.9 Å². The van der Waals surface area contributed by atoms with Gasteiger partial charge in [0.1, 0.15) is 5.69 Å². The van der Waals surface area contributed by atoms with Crippen LogP contribution in [0.2, 0.25) is 0 Å². The molecule has 5 atom stereocenters. The molecule has 1 amide bonds. The molecule has 6 rings (SSSR count). The third kappa shape index (κ3) is 3.39. The van der Waals surface area contributed by atoms with Crippen LogP contribution in [0.3, 0.4) is 0 Å². The van der Waals surface area contributed by atoms with E-state index in [4.69, 9.17) is 0 Å². The highest BCUT2D eigenvalue weighted by atomic mass is 16.2. The van der Waals surface area contributed by atoms with Crippen LogP contribution >= 0.6 is 0 Å². The monoisotopic (exact) mass is 398 g/mol. The lowest BCUT2D eigenvalue weighted by Crippen LogP contribution is -2.57. The van der Waals surface area contributed by atoms with E-state index in [1.54, 1.807) is 12.3 Å². The number of benzene rings is 1. The second kappa shape index (κ2) is 8.00. The molecule has 3 fully saturated rings. The van der Waals surface area contributed by atoms with Crippen molar-refractivity contribution in [1.82, 2.24) is 20.2 Å². The number of piperidine rings is 3. The number of aromatic nitrogens is 2. The number of rotatable bonds is 5. The number of fused-ring (bicyclic) bond motifs is 4. The first-order chi connectivity index (χ1) is 14.7. The summed E-state index contributed by atoms with van der Waals surface area (Å²) in [4.78, 5) is 24.4. The smallest absolute Gasteiger partial charge is 0.270 e. The Balaban J connectivity index is 1.54. The van der Waals surface area contributed by atoms with E-state index in [0.29, 0.717) is 17.5 Å². The Morgan fingerprint density at radius 2 is 2.00 bits per heavy atom. The standard InChI is InChI=1S/C25H26N4O/c1-2-17-16-29-14-11-18(17)15-23(29)24(28-25(30)22-9-5-6-12-26-22)20-10-13-27-21-8-4-3-7-19(20)21/h2-10,12-13,17-18,23-24H,1,11,14-16H2,(H,28,30)/t17-,18-,23-,24-/m0/s1. The van der Waals surface area contributed by atoms with Crippen LogP contribution in [0, 0.1) is 11.8 Å². The van der Waals surface area contributed by atoms with Gasteiger partial charge in [-0.2, -0.15) is 0 Å². The minimum absolute atomic E-state index is 0.124. The molecule has 5 heterocycles. The Hall–Kier alpha value is -3.05. The van der Waals surface area contributed by atoms with Gasteiger partial charge in [-0.05, 0) is 61.1 Å². The van der Waals surface area contributed by atoms with Gasteiger partial charge in [0.15, 0.2) is 0 Å². The first-order valence-electron chi connectivity index (χ1n) is 10.7. The summed E-state index contributed by atoms with van der Waals surface area (Å²) in [5.74, 6) is 1.03. The quantitative estimate of drug-likeness (QED) is 0.660.